The van der Waals surface area contributed by atoms with Crippen LogP contribution < -0.4 is 4.80 Å². The number of sulfonamides is 1. The molecule has 7 nitrogen and oxygen atoms in total. The second-order valence-corrected chi connectivity index (χ2v) is 11.5. The van der Waals surface area contributed by atoms with Gasteiger partial charge in [0.25, 0.3) is 5.91 Å². The number of amides is 1. The lowest BCUT2D eigenvalue weighted by atomic mass is 10.1. The highest BCUT2D eigenvalue weighted by atomic mass is 32.2. The molecular weight excluding hydrogens is 494 g/mol. The van der Waals surface area contributed by atoms with E-state index in [2.05, 4.69) is 29.3 Å². The van der Waals surface area contributed by atoms with Crippen LogP contribution in [0.3, 0.4) is 0 Å². The fraction of sp³-hybridized carbons (Fsp3) is 0.333. The normalized spacial score (nSPS) is 12.7. The Labute approximate surface area is 215 Å². The number of nitrogens with zero attached hydrogens (tertiary/aromatic N) is 3. The molecule has 0 atom stereocenters. The van der Waals surface area contributed by atoms with Crippen molar-refractivity contribution in [3.05, 3.63) is 71.0 Å². The number of hydrogen-bond acceptors (Lipinski definition) is 5. The number of unbranched alkanes of at least 4 members (excludes halogenated alkanes) is 1. The SMILES string of the molecule is CCCCN(C)S(=O)(=O)c1ccc(C(=O)N=c2sc3c4ccccc4ccc3n2CCOCC)cc1. The standard InChI is InChI=1S/C27H31N3O4S2/c1-4-6-17-29(3)36(32,33)22-14-11-21(12-15-22)26(31)28-27-30(18-19-34-5-2)24-16-13-20-9-7-8-10-23(20)25(24)35-27/h7-16H,4-6,17-19H2,1-3H3. The summed E-state index contributed by atoms with van der Waals surface area (Å²) in [4.78, 5) is 18.3. The molecule has 1 amide bonds. The van der Waals surface area contributed by atoms with Crippen molar-refractivity contribution in [2.24, 2.45) is 4.99 Å². The molecule has 0 fully saturated rings. The van der Waals surface area contributed by atoms with E-state index in [1.807, 2.05) is 30.5 Å². The number of benzene rings is 3. The Morgan fingerprint density at radius 1 is 1.06 bits per heavy atom. The van der Waals surface area contributed by atoms with Crippen LogP contribution >= 0.6 is 11.3 Å². The summed E-state index contributed by atoms with van der Waals surface area (Å²) >= 11 is 1.47. The van der Waals surface area contributed by atoms with Crippen LogP contribution in [0.5, 0.6) is 0 Å². The number of carbonyl (C=O) groups is 1. The average molecular weight is 526 g/mol. The highest BCUT2D eigenvalue weighted by Crippen LogP contribution is 2.27. The van der Waals surface area contributed by atoms with Crippen molar-refractivity contribution in [3.63, 3.8) is 0 Å². The third-order valence-electron chi connectivity index (χ3n) is 6.07. The van der Waals surface area contributed by atoms with Gasteiger partial charge in [0, 0.05) is 37.7 Å². The first-order valence-electron chi connectivity index (χ1n) is 12.1. The fourth-order valence-corrected chi connectivity index (χ4v) is 6.40. The maximum Gasteiger partial charge on any atom is 0.279 e. The van der Waals surface area contributed by atoms with Gasteiger partial charge in [0.05, 0.1) is 21.7 Å². The Morgan fingerprint density at radius 3 is 2.53 bits per heavy atom. The average Bonchev–Trinajstić information content (AvgIpc) is 3.24. The Morgan fingerprint density at radius 2 is 1.81 bits per heavy atom. The predicted molar refractivity (Wildman–Crippen MR) is 145 cm³/mol. The molecular formula is C27H31N3O4S2. The Bertz CT molecular complexity index is 1540. The molecule has 4 aromatic rings. The highest BCUT2D eigenvalue weighted by molar-refractivity contribution is 7.89. The molecule has 0 radical (unpaired) electrons. The third kappa shape index (κ3) is 5.44. The molecule has 0 bridgehead atoms. The molecule has 0 aliphatic carbocycles. The molecule has 1 aromatic heterocycles. The Hall–Kier alpha value is -2.85. The van der Waals surface area contributed by atoms with Crippen LogP contribution in [0.1, 0.15) is 37.0 Å². The third-order valence-corrected chi connectivity index (χ3v) is 9.07. The van der Waals surface area contributed by atoms with E-state index in [-0.39, 0.29) is 4.90 Å². The minimum absolute atomic E-state index is 0.165. The van der Waals surface area contributed by atoms with Crippen molar-refractivity contribution >= 4 is 48.3 Å². The van der Waals surface area contributed by atoms with Crippen LogP contribution in [0.25, 0.3) is 21.0 Å². The van der Waals surface area contributed by atoms with E-state index in [0.717, 1.165) is 33.8 Å². The van der Waals surface area contributed by atoms with Crippen LogP contribution in [-0.4, -0.2) is 50.0 Å². The summed E-state index contributed by atoms with van der Waals surface area (Å²) in [6.45, 7) is 6.11. The number of ether oxygens (including phenoxy) is 1. The fourth-order valence-electron chi connectivity index (χ4n) is 4.00. The van der Waals surface area contributed by atoms with Gasteiger partial charge in [-0.3, -0.25) is 4.79 Å². The molecule has 0 spiro atoms. The number of aromatic nitrogens is 1. The van der Waals surface area contributed by atoms with Crippen LogP contribution in [0.4, 0.5) is 0 Å². The molecule has 0 saturated carbocycles. The van der Waals surface area contributed by atoms with Gasteiger partial charge in [-0.15, -0.1) is 0 Å². The van der Waals surface area contributed by atoms with Crippen molar-refractivity contribution in [2.75, 3.05) is 26.8 Å². The van der Waals surface area contributed by atoms with E-state index in [1.54, 1.807) is 7.05 Å². The number of carbonyl (C=O) groups excluding carboxylic acids is 1. The summed E-state index contributed by atoms with van der Waals surface area (Å²) < 4.78 is 35.6. The van der Waals surface area contributed by atoms with Gasteiger partial charge in [0.15, 0.2) is 4.80 Å². The summed E-state index contributed by atoms with van der Waals surface area (Å²) in [6, 6.07) is 18.3. The summed E-state index contributed by atoms with van der Waals surface area (Å²) in [5.41, 5.74) is 1.34. The maximum absolute atomic E-state index is 13.1. The van der Waals surface area contributed by atoms with Crippen molar-refractivity contribution in [1.82, 2.24) is 8.87 Å². The number of thiazole rings is 1. The van der Waals surface area contributed by atoms with Gasteiger partial charge in [-0.1, -0.05) is 55.0 Å². The lowest BCUT2D eigenvalue weighted by Gasteiger charge is -2.16. The van der Waals surface area contributed by atoms with E-state index in [1.165, 1.54) is 39.9 Å². The quantitative estimate of drug-likeness (QED) is 0.271. The van der Waals surface area contributed by atoms with Crippen molar-refractivity contribution in [1.29, 1.82) is 0 Å². The van der Waals surface area contributed by atoms with Gasteiger partial charge in [-0.2, -0.15) is 4.99 Å². The van der Waals surface area contributed by atoms with Crippen LogP contribution in [0.2, 0.25) is 0 Å². The molecule has 0 aliphatic heterocycles. The zero-order chi connectivity index (χ0) is 25.7. The van der Waals surface area contributed by atoms with Gasteiger partial charge < -0.3 is 9.30 Å². The van der Waals surface area contributed by atoms with E-state index < -0.39 is 15.9 Å². The molecule has 1 heterocycles. The van der Waals surface area contributed by atoms with E-state index in [4.69, 9.17) is 4.74 Å². The molecule has 0 aliphatic rings. The van der Waals surface area contributed by atoms with Gasteiger partial charge in [-0.25, -0.2) is 12.7 Å². The summed E-state index contributed by atoms with van der Waals surface area (Å²) in [6.07, 6.45) is 1.70. The van der Waals surface area contributed by atoms with Gasteiger partial charge in [-0.05, 0) is 49.1 Å². The van der Waals surface area contributed by atoms with Crippen LogP contribution in [0.15, 0.2) is 70.6 Å². The van der Waals surface area contributed by atoms with Gasteiger partial charge >= 0.3 is 0 Å². The first kappa shape index (κ1) is 26.2. The number of hydrogen-bond donors (Lipinski definition) is 0. The van der Waals surface area contributed by atoms with E-state index >= 15 is 0 Å². The highest BCUT2D eigenvalue weighted by Gasteiger charge is 2.20. The van der Waals surface area contributed by atoms with Crippen LogP contribution in [0, 0.1) is 0 Å². The molecule has 0 unspecified atom stereocenters. The molecule has 3 aromatic carbocycles. The lowest BCUT2D eigenvalue weighted by molar-refractivity contribution is 0.0996. The monoisotopic (exact) mass is 525 g/mol. The minimum Gasteiger partial charge on any atom is -0.380 e. The first-order valence-corrected chi connectivity index (χ1v) is 14.4. The summed E-state index contributed by atoms with van der Waals surface area (Å²) in [7, 11) is -2.02. The lowest BCUT2D eigenvalue weighted by Crippen LogP contribution is -2.27. The van der Waals surface area contributed by atoms with E-state index in [0.29, 0.717) is 36.7 Å². The molecule has 0 N–H and O–H groups in total. The maximum atomic E-state index is 13.1. The van der Waals surface area contributed by atoms with Crippen molar-refractivity contribution in [3.8, 4) is 0 Å². The summed E-state index contributed by atoms with van der Waals surface area (Å²) in [5.74, 6) is -0.417. The topological polar surface area (TPSA) is 81.0 Å². The molecule has 36 heavy (non-hydrogen) atoms. The van der Waals surface area contributed by atoms with Crippen molar-refractivity contribution < 1.29 is 17.9 Å². The minimum atomic E-state index is -3.59. The predicted octanol–water partition coefficient (Wildman–Crippen LogP) is 5.05. The zero-order valence-corrected chi connectivity index (χ0v) is 22.4. The number of fused-ring (bicyclic) bond motifs is 3. The van der Waals surface area contributed by atoms with Crippen LogP contribution in [-0.2, 0) is 21.3 Å². The second-order valence-electron chi connectivity index (χ2n) is 8.49. The second kappa shape index (κ2) is 11.5. The molecule has 9 heteroatoms. The molecule has 0 saturated heterocycles. The van der Waals surface area contributed by atoms with Crippen molar-refractivity contribution in [2.45, 2.75) is 38.1 Å². The first-order chi connectivity index (χ1) is 17.4. The number of rotatable bonds is 10. The summed E-state index contributed by atoms with van der Waals surface area (Å²) in [5, 5.41) is 2.24. The van der Waals surface area contributed by atoms with Gasteiger partial charge in [0.2, 0.25) is 10.0 Å². The zero-order valence-electron chi connectivity index (χ0n) is 20.8. The largest absolute Gasteiger partial charge is 0.380 e. The van der Waals surface area contributed by atoms with Gasteiger partial charge in [0.1, 0.15) is 0 Å². The van der Waals surface area contributed by atoms with E-state index in [9.17, 15) is 13.2 Å². The molecule has 4 rings (SSSR count). The smallest absolute Gasteiger partial charge is 0.279 e. The molecule has 190 valence electrons. The Balaban J connectivity index is 1.70. The Kier molecular flexibility index (Phi) is 8.35.